The Labute approximate surface area is 138 Å². The zero-order valence-corrected chi connectivity index (χ0v) is 13.1. The molecule has 0 fully saturated rings. The summed E-state index contributed by atoms with van der Waals surface area (Å²) in [6, 6.07) is 15.6. The zero-order valence-electron chi connectivity index (χ0n) is 13.1. The Bertz CT molecular complexity index is 819. The molecule has 0 aliphatic carbocycles. The summed E-state index contributed by atoms with van der Waals surface area (Å²) in [5.41, 5.74) is -0.167. The summed E-state index contributed by atoms with van der Waals surface area (Å²) < 4.78 is 0. The Morgan fingerprint density at radius 2 is 1.67 bits per heavy atom. The summed E-state index contributed by atoms with van der Waals surface area (Å²) in [6.45, 7) is -0.724. The van der Waals surface area contributed by atoms with Gasteiger partial charge in [0.15, 0.2) is 11.2 Å². The summed E-state index contributed by atoms with van der Waals surface area (Å²) in [5.74, 6) is -1.02. The molecular weight excluding hydrogens is 308 g/mol. The maximum atomic E-state index is 13.1. The smallest absolute Gasteiger partial charge is 0.247 e. The van der Waals surface area contributed by atoms with Gasteiger partial charge in [0.05, 0.1) is 5.69 Å². The molecule has 2 aromatic rings. The molecule has 6 nitrogen and oxygen atoms in total. The van der Waals surface area contributed by atoms with Crippen LogP contribution >= 0.6 is 0 Å². The van der Waals surface area contributed by atoms with E-state index in [0.29, 0.717) is 16.8 Å². The van der Waals surface area contributed by atoms with Crippen LogP contribution in [0.5, 0.6) is 0 Å². The molecule has 1 aliphatic rings. The SMILES string of the molecule is CN1C(=O)[C@](Cc2ccccc2)(C[N+](=O)[O-])C(=O)c2ccccc21. The Balaban J connectivity index is 2.16. The molecule has 1 aliphatic heterocycles. The van der Waals surface area contributed by atoms with E-state index in [1.54, 1.807) is 55.6 Å². The van der Waals surface area contributed by atoms with Gasteiger partial charge in [-0.1, -0.05) is 42.5 Å². The van der Waals surface area contributed by atoms with Crippen molar-refractivity contribution < 1.29 is 14.5 Å². The highest BCUT2D eigenvalue weighted by Crippen LogP contribution is 2.39. The van der Waals surface area contributed by atoms with Crippen molar-refractivity contribution in [3.63, 3.8) is 0 Å². The largest absolute Gasteiger partial charge is 0.314 e. The predicted molar refractivity (Wildman–Crippen MR) is 88.6 cm³/mol. The zero-order chi connectivity index (χ0) is 17.3. The lowest BCUT2D eigenvalue weighted by Gasteiger charge is -2.37. The van der Waals surface area contributed by atoms with Gasteiger partial charge >= 0.3 is 0 Å². The highest BCUT2D eigenvalue weighted by molar-refractivity contribution is 6.24. The molecule has 0 aromatic heterocycles. The van der Waals surface area contributed by atoms with Crippen LogP contribution in [0, 0.1) is 15.5 Å². The van der Waals surface area contributed by atoms with Crippen molar-refractivity contribution in [2.75, 3.05) is 18.5 Å². The van der Waals surface area contributed by atoms with Crippen LogP contribution in [0.25, 0.3) is 0 Å². The van der Waals surface area contributed by atoms with Gasteiger partial charge in [0, 0.05) is 24.0 Å². The molecule has 0 radical (unpaired) electrons. The lowest BCUT2D eigenvalue weighted by molar-refractivity contribution is -0.490. The molecule has 24 heavy (non-hydrogen) atoms. The number of ketones is 1. The monoisotopic (exact) mass is 324 g/mol. The first-order chi connectivity index (χ1) is 11.5. The first kappa shape index (κ1) is 15.9. The van der Waals surface area contributed by atoms with Gasteiger partial charge < -0.3 is 4.90 Å². The van der Waals surface area contributed by atoms with E-state index in [0.717, 1.165) is 0 Å². The molecule has 122 valence electrons. The Morgan fingerprint density at radius 1 is 1.04 bits per heavy atom. The number of anilines is 1. The molecule has 0 spiro atoms. The summed E-state index contributed by atoms with van der Waals surface area (Å²) in [4.78, 5) is 38.1. The van der Waals surface area contributed by atoms with Crippen LogP contribution in [0.4, 0.5) is 5.69 Å². The Hall–Kier alpha value is -3.02. The Morgan fingerprint density at radius 3 is 2.33 bits per heavy atom. The van der Waals surface area contributed by atoms with Crippen molar-refractivity contribution in [2.45, 2.75) is 6.42 Å². The maximum Gasteiger partial charge on any atom is 0.247 e. The predicted octanol–water partition coefficient (Wildman–Crippen LogP) is 2.35. The van der Waals surface area contributed by atoms with Crippen molar-refractivity contribution in [3.05, 3.63) is 75.8 Å². The lowest BCUT2D eigenvalue weighted by Crippen LogP contribution is -2.56. The summed E-state index contributed by atoms with van der Waals surface area (Å²) in [5, 5.41) is 11.3. The minimum Gasteiger partial charge on any atom is -0.314 e. The molecule has 0 bridgehead atoms. The second-order valence-electron chi connectivity index (χ2n) is 5.95. The molecule has 1 amide bonds. The number of nitrogens with zero attached hydrogens (tertiary/aromatic N) is 2. The van der Waals surface area contributed by atoms with Gasteiger partial charge in [-0.15, -0.1) is 0 Å². The van der Waals surface area contributed by atoms with Crippen molar-refractivity contribution in [3.8, 4) is 0 Å². The summed E-state index contributed by atoms with van der Waals surface area (Å²) >= 11 is 0. The van der Waals surface area contributed by atoms with Crippen molar-refractivity contribution >= 4 is 17.4 Å². The summed E-state index contributed by atoms with van der Waals surface area (Å²) in [7, 11) is 1.55. The van der Waals surface area contributed by atoms with Gasteiger partial charge in [-0.2, -0.15) is 0 Å². The fourth-order valence-corrected chi connectivity index (χ4v) is 3.26. The topological polar surface area (TPSA) is 80.5 Å². The van der Waals surface area contributed by atoms with E-state index in [2.05, 4.69) is 0 Å². The van der Waals surface area contributed by atoms with Crippen molar-refractivity contribution in [1.29, 1.82) is 0 Å². The van der Waals surface area contributed by atoms with E-state index in [-0.39, 0.29) is 6.42 Å². The highest BCUT2D eigenvalue weighted by Gasteiger charge is 2.55. The maximum absolute atomic E-state index is 13.1. The fraction of sp³-hybridized carbons (Fsp3) is 0.222. The third kappa shape index (κ3) is 2.46. The minimum absolute atomic E-state index is 0.00512. The van der Waals surface area contributed by atoms with Crippen LogP contribution < -0.4 is 4.90 Å². The van der Waals surface area contributed by atoms with E-state index < -0.39 is 28.6 Å². The number of carbonyl (C=O) groups is 2. The molecule has 0 saturated heterocycles. The standard InChI is InChI=1S/C18H16N2O4/c1-19-15-10-6-5-9-14(15)16(21)18(17(19)22,12-20(23)24)11-13-7-3-2-4-8-13/h2-10H,11-12H2,1H3/t18-/m1/s1. The minimum atomic E-state index is -1.71. The number of benzene rings is 2. The Kier molecular flexibility index (Phi) is 3.89. The number of nitro groups is 1. The quantitative estimate of drug-likeness (QED) is 0.491. The van der Waals surface area contributed by atoms with Crippen LogP contribution in [0.15, 0.2) is 54.6 Å². The van der Waals surface area contributed by atoms with Crippen molar-refractivity contribution in [2.24, 2.45) is 5.41 Å². The second-order valence-corrected chi connectivity index (χ2v) is 5.95. The van der Waals surface area contributed by atoms with Crippen LogP contribution in [0.3, 0.4) is 0 Å². The highest BCUT2D eigenvalue weighted by atomic mass is 16.6. The third-order valence-electron chi connectivity index (χ3n) is 4.41. The number of hydrogen-bond acceptors (Lipinski definition) is 4. The van der Waals surface area contributed by atoms with Crippen LogP contribution in [0.2, 0.25) is 0 Å². The van der Waals surface area contributed by atoms with Crippen LogP contribution in [0.1, 0.15) is 15.9 Å². The summed E-state index contributed by atoms with van der Waals surface area (Å²) in [6.07, 6.45) is 0.00512. The fourth-order valence-electron chi connectivity index (χ4n) is 3.26. The van der Waals surface area contributed by atoms with Gasteiger partial charge in [-0.3, -0.25) is 19.7 Å². The molecule has 0 N–H and O–H groups in total. The molecule has 6 heteroatoms. The second kappa shape index (κ2) is 5.88. The van der Waals surface area contributed by atoms with Gasteiger partial charge in [0.25, 0.3) is 0 Å². The van der Waals surface area contributed by atoms with E-state index in [4.69, 9.17) is 0 Å². The normalized spacial score (nSPS) is 20.0. The van der Waals surface area contributed by atoms with Gasteiger partial charge in [-0.25, -0.2) is 0 Å². The third-order valence-corrected chi connectivity index (χ3v) is 4.41. The molecular formula is C18H16N2O4. The van der Waals surface area contributed by atoms with Crippen LogP contribution in [-0.4, -0.2) is 30.2 Å². The number of Topliss-reactive ketones (excluding diaryl/α,β-unsaturated/α-hetero) is 1. The number of rotatable bonds is 4. The van der Waals surface area contributed by atoms with Crippen LogP contribution in [-0.2, 0) is 11.2 Å². The number of amides is 1. The first-order valence-electron chi connectivity index (χ1n) is 7.53. The van der Waals surface area contributed by atoms with Crippen molar-refractivity contribution in [1.82, 2.24) is 0 Å². The number of hydrogen-bond donors (Lipinski definition) is 0. The number of para-hydroxylation sites is 1. The lowest BCUT2D eigenvalue weighted by atomic mass is 9.71. The molecule has 1 heterocycles. The van der Waals surface area contributed by atoms with E-state index in [9.17, 15) is 19.7 Å². The van der Waals surface area contributed by atoms with E-state index in [1.807, 2.05) is 6.07 Å². The average molecular weight is 324 g/mol. The van der Waals surface area contributed by atoms with E-state index >= 15 is 0 Å². The average Bonchev–Trinajstić information content (AvgIpc) is 2.58. The molecule has 0 saturated carbocycles. The molecule has 3 rings (SSSR count). The molecule has 1 atom stereocenters. The number of carbonyl (C=O) groups excluding carboxylic acids is 2. The first-order valence-corrected chi connectivity index (χ1v) is 7.53. The molecule has 0 unspecified atom stereocenters. The van der Waals surface area contributed by atoms with Gasteiger partial charge in [0.2, 0.25) is 12.5 Å². The van der Waals surface area contributed by atoms with E-state index in [1.165, 1.54) is 4.90 Å². The van der Waals surface area contributed by atoms with Gasteiger partial charge in [-0.05, 0) is 17.7 Å². The van der Waals surface area contributed by atoms with Gasteiger partial charge in [0.1, 0.15) is 0 Å². The molecule has 2 aromatic carbocycles. The number of fused-ring (bicyclic) bond motifs is 1.